The zero-order chi connectivity index (χ0) is 14.1. The molecule has 21 heavy (non-hydrogen) atoms. The molecule has 7 rings (SSSR count). The Labute approximate surface area is 132 Å². The predicted molar refractivity (Wildman–Crippen MR) is 90.9 cm³/mol. The van der Waals surface area contributed by atoms with Crippen LogP contribution in [0.15, 0.2) is 92.4 Å². The summed E-state index contributed by atoms with van der Waals surface area (Å²) in [6, 6.07) is 25.8. The van der Waals surface area contributed by atoms with Crippen LogP contribution in [0.25, 0.3) is 0 Å². The molecule has 102 valence electrons. The first kappa shape index (κ1) is 12.9. The Morgan fingerprint density at radius 1 is 0.524 bits per heavy atom. The smallest absolute Gasteiger partial charge is 0.0395 e. The third kappa shape index (κ3) is 2.94. The van der Waals surface area contributed by atoms with Gasteiger partial charge in [-0.2, -0.15) is 0 Å². The molecule has 0 unspecified atom stereocenters. The van der Waals surface area contributed by atoms with Crippen molar-refractivity contribution in [3.63, 3.8) is 0 Å². The van der Waals surface area contributed by atoms with Gasteiger partial charge in [0, 0.05) is 31.0 Å². The van der Waals surface area contributed by atoms with E-state index in [1.54, 1.807) is 23.5 Å². The first-order valence-electron chi connectivity index (χ1n) is 6.78. The zero-order valence-electron chi connectivity index (χ0n) is 11.2. The fraction of sp³-hybridized carbons (Fsp3) is 0. The molecule has 0 radical (unpaired) electrons. The summed E-state index contributed by atoms with van der Waals surface area (Å²) in [7, 11) is 0. The van der Waals surface area contributed by atoms with Crippen LogP contribution in [0, 0.1) is 0 Å². The molecule has 0 atom stereocenters. The van der Waals surface area contributed by atoms with E-state index in [0.717, 1.165) is 11.4 Å². The monoisotopic (exact) mass is 307 g/mol. The minimum absolute atomic E-state index is 1.12. The van der Waals surface area contributed by atoms with Crippen molar-refractivity contribution in [2.75, 3.05) is 5.32 Å². The first-order chi connectivity index (χ1) is 10.3. The van der Waals surface area contributed by atoms with Gasteiger partial charge in [-0.1, -0.05) is 29.6 Å². The van der Waals surface area contributed by atoms with Crippen molar-refractivity contribution in [1.82, 2.24) is 0 Å². The van der Waals surface area contributed by atoms with Crippen molar-refractivity contribution in [1.29, 1.82) is 0 Å². The van der Waals surface area contributed by atoms with Gasteiger partial charge >= 0.3 is 0 Å². The maximum absolute atomic E-state index is 3.46. The van der Waals surface area contributed by atoms with Gasteiger partial charge in [-0.3, -0.25) is 0 Å². The summed E-state index contributed by atoms with van der Waals surface area (Å²) in [4.78, 5) is 5.04. The Morgan fingerprint density at radius 3 is 1.76 bits per heavy atom. The van der Waals surface area contributed by atoms with Crippen LogP contribution in [0.2, 0.25) is 0 Å². The van der Waals surface area contributed by atoms with Crippen molar-refractivity contribution in [2.24, 2.45) is 0 Å². The maximum Gasteiger partial charge on any atom is 0.0395 e. The molecule has 1 N–H and O–H groups in total. The molecule has 3 heteroatoms. The van der Waals surface area contributed by atoms with Crippen LogP contribution in [-0.2, 0) is 0 Å². The molecule has 3 aromatic carbocycles. The Kier molecular flexibility index (Phi) is 3.37. The van der Waals surface area contributed by atoms with E-state index in [2.05, 4.69) is 78.1 Å². The molecule has 0 aromatic heterocycles. The molecule has 0 saturated carbocycles. The summed E-state index contributed by atoms with van der Waals surface area (Å²) in [5.74, 6) is 0. The minimum atomic E-state index is 1.12. The van der Waals surface area contributed by atoms with Crippen molar-refractivity contribution in [2.45, 2.75) is 19.6 Å². The summed E-state index contributed by atoms with van der Waals surface area (Å²) in [6.45, 7) is 0. The van der Waals surface area contributed by atoms with Crippen LogP contribution in [0.1, 0.15) is 0 Å². The third-order valence-corrected chi connectivity index (χ3v) is 5.29. The van der Waals surface area contributed by atoms with Gasteiger partial charge in [-0.25, -0.2) is 0 Å². The molecule has 4 aliphatic heterocycles. The van der Waals surface area contributed by atoms with Crippen LogP contribution >= 0.6 is 23.5 Å². The molecule has 1 nitrogen and oxygen atoms in total. The van der Waals surface area contributed by atoms with Crippen LogP contribution in [-0.4, -0.2) is 0 Å². The van der Waals surface area contributed by atoms with Gasteiger partial charge in [0.2, 0.25) is 0 Å². The quantitative estimate of drug-likeness (QED) is 0.425. The summed E-state index contributed by atoms with van der Waals surface area (Å²) in [5, 5.41) is 3.46. The fourth-order valence-electron chi connectivity index (χ4n) is 2.26. The molecule has 3 aromatic rings. The first-order valence-corrected chi connectivity index (χ1v) is 8.41. The lowest BCUT2D eigenvalue weighted by atomic mass is 10.2. The van der Waals surface area contributed by atoms with Crippen LogP contribution in [0.4, 0.5) is 11.4 Å². The highest BCUT2D eigenvalue weighted by Crippen LogP contribution is 2.34. The average molecular weight is 307 g/mol. The Hall–Kier alpha value is -1.84. The van der Waals surface area contributed by atoms with Crippen LogP contribution in [0.3, 0.4) is 0 Å². The van der Waals surface area contributed by atoms with Gasteiger partial charge in [0.15, 0.2) is 0 Å². The van der Waals surface area contributed by atoms with E-state index in [9.17, 15) is 0 Å². The van der Waals surface area contributed by atoms with Gasteiger partial charge < -0.3 is 5.32 Å². The third-order valence-electron chi connectivity index (χ3n) is 3.27. The molecule has 0 fully saturated rings. The topological polar surface area (TPSA) is 12.0 Å². The highest BCUT2D eigenvalue weighted by Gasteiger charge is 2.04. The second kappa shape index (κ2) is 5.51. The Balaban J connectivity index is 1.83. The molecule has 0 spiro atoms. The van der Waals surface area contributed by atoms with E-state index >= 15 is 0 Å². The van der Waals surface area contributed by atoms with E-state index in [4.69, 9.17) is 0 Å². The van der Waals surface area contributed by atoms with E-state index in [-0.39, 0.29) is 0 Å². The van der Waals surface area contributed by atoms with Crippen molar-refractivity contribution < 1.29 is 0 Å². The number of anilines is 2. The molecule has 4 aliphatic rings. The van der Waals surface area contributed by atoms with Gasteiger partial charge in [0.05, 0.1) is 0 Å². The summed E-state index contributed by atoms with van der Waals surface area (Å²) in [5.41, 5.74) is 2.24. The maximum atomic E-state index is 3.46. The number of hydrogen-bond acceptors (Lipinski definition) is 3. The zero-order valence-corrected chi connectivity index (χ0v) is 12.9. The van der Waals surface area contributed by atoms with Gasteiger partial charge in [0.1, 0.15) is 0 Å². The van der Waals surface area contributed by atoms with Crippen LogP contribution in [0.5, 0.6) is 0 Å². The molecule has 0 amide bonds. The van der Waals surface area contributed by atoms with E-state index in [1.807, 2.05) is 0 Å². The standard InChI is InChI=1S/C18H13NS2/c1-2-14-12-18(3-1)21-17-10-8-16(9-11-17)20-15-6-4-13(19-14)5-7-15/h1-12,19H. The molecule has 6 bridgehead atoms. The SMILES string of the molecule is c1cc2cc(c1)Sc1ccc(cc1)Sc1ccc(cc1)N2. The number of benzene rings is 3. The lowest BCUT2D eigenvalue weighted by molar-refractivity contribution is 1.32. The van der Waals surface area contributed by atoms with Gasteiger partial charge in [-0.05, 0) is 66.7 Å². The second-order valence-corrected chi connectivity index (χ2v) is 7.15. The lowest BCUT2D eigenvalue weighted by Crippen LogP contribution is -1.90. The molecule has 0 aliphatic carbocycles. The largest absolute Gasteiger partial charge is 0.355 e. The predicted octanol–water partition coefficient (Wildman–Crippen LogP) is 6.05. The van der Waals surface area contributed by atoms with Gasteiger partial charge in [-0.15, -0.1) is 0 Å². The second-order valence-electron chi connectivity index (χ2n) is 4.85. The molecule has 4 heterocycles. The normalized spacial score (nSPS) is 12.8. The Morgan fingerprint density at radius 2 is 1.10 bits per heavy atom. The summed E-state index contributed by atoms with van der Waals surface area (Å²) >= 11 is 3.58. The molecule has 0 saturated heterocycles. The number of hydrogen-bond donors (Lipinski definition) is 1. The average Bonchev–Trinajstić information content (AvgIpc) is 2.51. The van der Waals surface area contributed by atoms with Crippen LogP contribution < -0.4 is 5.32 Å². The van der Waals surface area contributed by atoms with E-state index < -0.39 is 0 Å². The molecular formula is C18H13NS2. The van der Waals surface area contributed by atoms with Gasteiger partial charge in [0.25, 0.3) is 0 Å². The highest BCUT2D eigenvalue weighted by molar-refractivity contribution is 7.99. The van der Waals surface area contributed by atoms with Crippen molar-refractivity contribution in [3.8, 4) is 0 Å². The minimum Gasteiger partial charge on any atom is -0.355 e. The highest BCUT2D eigenvalue weighted by atomic mass is 32.2. The van der Waals surface area contributed by atoms with E-state index in [1.165, 1.54) is 19.6 Å². The van der Waals surface area contributed by atoms with Crippen molar-refractivity contribution >= 4 is 34.9 Å². The fourth-order valence-corrected chi connectivity index (χ4v) is 3.95. The lowest BCUT2D eigenvalue weighted by Gasteiger charge is -2.11. The number of rotatable bonds is 0. The summed E-state index contributed by atoms with van der Waals surface area (Å²) in [6.07, 6.45) is 0. The van der Waals surface area contributed by atoms with E-state index in [0.29, 0.717) is 0 Å². The van der Waals surface area contributed by atoms with Crippen molar-refractivity contribution in [3.05, 3.63) is 72.8 Å². The molecular weight excluding hydrogens is 294 g/mol. The Bertz CT molecular complexity index is 701. The number of nitrogens with one attached hydrogen (secondary N) is 1. The summed E-state index contributed by atoms with van der Waals surface area (Å²) < 4.78 is 0.